The Morgan fingerprint density at radius 2 is 2.50 bits per heavy atom. The maximum Gasteiger partial charge on any atom is 0.366 e. The Morgan fingerprint density at radius 1 is 1.80 bits per heavy atom. The first kappa shape index (κ1) is 7.62. The Morgan fingerprint density at radius 3 is 2.80 bits per heavy atom. The fourth-order valence-corrected chi connectivity index (χ4v) is 1.33. The summed E-state index contributed by atoms with van der Waals surface area (Å²) in [6.07, 6.45) is 0. The number of aromatic nitrogens is 2. The summed E-state index contributed by atoms with van der Waals surface area (Å²) in [5, 5.41) is 8.92. The van der Waals surface area contributed by atoms with E-state index < -0.39 is 5.97 Å². The molecule has 54 valence electrons. The lowest BCUT2D eigenvalue weighted by molar-refractivity contribution is 0.0696. The summed E-state index contributed by atoms with van der Waals surface area (Å²) < 4.78 is 3.76. The first-order valence-corrected chi connectivity index (χ1v) is 4.25. The molecule has 0 radical (unpaired) electrons. The first-order valence-electron chi connectivity index (χ1n) is 2.36. The number of nitrogens with zero attached hydrogens (tertiary/aromatic N) is 2. The number of rotatable bonds is 2. The molecule has 10 heavy (non-hydrogen) atoms. The molecule has 0 saturated heterocycles. The van der Waals surface area contributed by atoms with Gasteiger partial charge in [0.15, 0.2) is 5.82 Å². The van der Waals surface area contributed by atoms with Crippen LogP contribution in [0.2, 0.25) is 0 Å². The summed E-state index contributed by atoms with van der Waals surface area (Å²) in [5.74, 6) is -0.507. The van der Waals surface area contributed by atoms with Gasteiger partial charge in [-0.3, -0.25) is 0 Å². The van der Waals surface area contributed by atoms with Crippen molar-refractivity contribution < 1.29 is 9.90 Å². The van der Waals surface area contributed by atoms with E-state index in [0.29, 0.717) is 11.2 Å². The molecule has 0 aliphatic carbocycles. The third-order valence-corrected chi connectivity index (χ3v) is 2.01. The van der Waals surface area contributed by atoms with E-state index in [2.05, 4.69) is 25.3 Å². The van der Waals surface area contributed by atoms with Gasteiger partial charge in [-0.15, -0.1) is 0 Å². The summed E-state index contributed by atoms with van der Waals surface area (Å²) in [6.45, 7) is 0. The zero-order valence-electron chi connectivity index (χ0n) is 4.74. The van der Waals surface area contributed by atoms with Crippen molar-refractivity contribution in [1.29, 1.82) is 0 Å². The molecule has 1 aromatic heterocycles. The summed E-state index contributed by atoms with van der Waals surface area (Å²) in [4.78, 5) is 13.9. The average molecular weight is 223 g/mol. The summed E-state index contributed by atoms with van der Waals surface area (Å²) in [6, 6.07) is 0. The van der Waals surface area contributed by atoms with E-state index in [-0.39, 0.29) is 5.01 Å². The third kappa shape index (κ3) is 1.51. The van der Waals surface area contributed by atoms with Crippen LogP contribution in [0.25, 0.3) is 0 Å². The zero-order valence-corrected chi connectivity index (χ0v) is 7.15. The molecule has 1 aromatic rings. The first-order chi connectivity index (χ1) is 4.74. The van der Waals surface area contributed by atoms with Crippen molar-refractivity contribution in [2.75, 3.05) is 0 Å². The van der Waals surface area contributed by atoms with E-state index in [4.69, 9.17) is 5.11 Å². The van der Waals surface area contributed by atoms with Crippen LogP contribution in [0.4, 0.5) is 0 Å². The van der Waals surface area contributed by atoms with Crippen molar-refractivity contribution in [3.63, 3.8) is 0 Å². The molecule has 4 nitrogen and oxygen atoms in total. The zero-order chi connectivity index (χ0) is 7.56. The highest BCUT2D eigenvalue weighted by molar-refractivity contribution is 9.08. The van der Waals surface area contributed by atoms with E-state index in [1.54, 1.807) is 0 Å². The van der Waals surface area contributed by atoms with Gasteiger partial charge in [-0.25, -0.2) is 9.78 Å². The Kier molecular flexibility index (Phi) is 2.34. The van der Waals surface area contributed by atoms with E-state index in [1.807, 2.05) is 0 Å². The molecular weight excluding hydrogens is 220 g/mol. The molecule has 0 bridgehead atoms. The molecule has 0 aliphatic rings. The predicted molar refractivity (Wildman–Crippen MR) is 39.5 cm³/mol. The molecule has 0 fully saturated rings. The van der Waals surface area contributed by atoms with Gasteiger partial charge in [-0.05, 0) is 11.5 Å². The second kappa shape index (κ2) is 3.07. The monoisotopic (exact) mass is 222 g/mol. The molecule has 0 aromatic carbocycles. The van der Waals surface area contributed by atoms with Crippen LogP contribution in [0.3, 0.4) is 0 Å². The van der Waals surface area contributed by atoms with Gasteiger partial charge in [0.1, 0.15) is 0 Å². The summed E-state index contributed by atoms with van der Waals surface area (Å²) in [7, 11) is 0. The maximum atomic E-state index is 10.2. The number of carboxylic acid groups (broad SMARTS) is 1. The number of aromatic carboxylic acids is 1. The van der Waals surface area contributed by atoms with Gasteiger partial charge >= 0.3 is 5.97 Å². The predicted octanol–water partition coefficient (Wildman–Crippen LogP) is 1.13. The topological polar surface area (TPSA) is 63.1 Å². The lowest BCUT2D eigenvalue weighted by Crippen LogP contribution is -1.94. The highest BCUT2D eigenvalue weighted by atomic mass is 79.9. The third-order valence-electron chi connectivity index (χ3n) is 0.771. The van der Waals surface area contributed by atoms with Crippen LogP contribution >= 0.6 is 27.5 Å². The van der Waals surface area contributed by atoms with Crippen molar-refractivity contribution in [3.8, 4) is 0 Å². The van der Waals surface area contributed by atoms with E-state index in [9.17, 15) is 4.79 Å². The number of carboxylic acids is 1. The fourth-order valence-electron chi connectivity index (χ4n) is 0.395. The summed E-state index contributed by atoms with van der Waals surface area (Å²) >= 11 is 4.00. The smallest absolute Gasteiger partial charge is 0.366 e. The largest absolute Gasteiger partial charge is 0.476 e. The van der Waals surface area contributed by atoms with E-state index >= 15 is 0 Å². The molecule has 0 amide bonds. The van der Waals surface area contributed by atoms with Gasteiger partial charge in [0.2, 0.25) is 5.01 Å². The molecule has 0 saturated carbocycles. The lowest BCUT2D eigenvalue weighted by Gasteiger charge is -1.79. The van der Waals surface area contributed by atoms with E-state index in [1.165, 1.54) is 0 Å². The average Bonchev–Trinajstić information content (AvgIpc) is 2.34. The standard InChI is InChI=1S/C4H3BrN2O2S/c5-1-2-6-3(4(8)9)10-7-2/h1H2,(H,8,9). The second-order valence-electron chi connectivity index (χ2n) is 1.45. The lowest BCUT2D eigenvalue weighted by atomic mass is 10.7. The van der Waals surface area contributed by atoms with Crippen LogP contribution in [-0.2, 0) is 5.33 Å². The van der Waals surface area contributed by atoms with Crippen molar-refractivity contribution in [3.05, 3.63) is 10.8 Å². The molecule has 1 heterocycles. The van der Waals surface area contributed by atoms with Crippen molar-refractivity contribution in [2.24, 2.45) is 0 Å². The van der Waals surface area contributed by atoms with Gasteiger partial charge < -0.3 is 5.11 Å². The molecule has 0 aliphatic heterocycles. The van der Waals surface area contributed by atoms with Crippen molar-refractivity contribution >= 4 is 33.4 Å². The van der Waals surface area contributed by atoms with Gasteiger partial charge in [-0.1, -0.05) is 15.9 Å². The van der Waals surface area contributed by atoms with Crippen LogP contribution < -0.4 is 0 Å². The molecule has 1 rings (SSSR count). The summed E-state index contributed by atoms with van der Waals surface area (Å²) in [5.41, 5.74) is 0. The van der Waals surface area contributed by atoms with Crippen LogP contribution in [0, 0.1) is 0 Å². The van der Waals surface area contributed by atoms with Gasteiger partial charge in [0, 0.05) is 0 Å². The van der Waals surface area contributed by atoms with Crippen LogP contribution in [0.15, 0.2) is 0 Å². The van der Waals surface area contributed by atoms with E-state index in [0.717, 1.165) is 11.5 Å². The van der Waals surface area contributed by atoms with Gasteiger partial charge in [-0.2, -0.15) is 4.37 Å². The molecule has 0 atom stereocenters. The minimum atomic E-state index is -1.02. The highest BCUT2D eigenvalue weighted by Crippen LogP contribution is 2.06. The molecule has 0 spiro atoms. The van der Waals surface area contributed by atoms with Crippen LogP contribution in [0.5, 0.6) is 0 Å². The number of hydrogen-bond donors (Lipinski definition) is 1. The molecular formula is C4H3BrN2O2S. The SMILES string of the molecule is O=C(O)c1nc(CBr)ns1. The van der Waals surface area contributed by atoms with Gasteiger partial charge in [0.25, 0.3) is 0 Å². The Hall–Kier alpha value is -0.490. The van der Waals surface area contributed by atoms with Crippen LogP contribution in [-0.4, -0.2) is 20.4 Å². The number of alkyl halides is 1. The normalized spacial score (nSPS) is 9.70. The molecule has 1 N–H and O–H groups in total. The van der Waals surface area contributed by atoms with Gasteiger partial charge in [0.05, 0.1) is 5.33 Å². The molecule has 6 heteroatoms. The molecule has 0 unspecified atom stereocenters. The van der Waals surface area contributed by atoms with Crippen LogP contribution in [0.1, 0.15) is 15.6 Å². The highest BCUT2D eigenvalue weighted by Gasteiger charge is 2.08. The Labute approximate surface area is 69.2 Å². The number of carbonyl (C=O) groups is 1. The Bertz CT molecular complexity index is 249. The quantitative estimate of drug-likeness (QED) is 0.763. The Balaban J connectivity index is 2.88. The van der Waals surface area contributed by atoms with Crippen molar-refractivity contribution in [1.82, 2.24) is 9.36 Å². The fraction of sp³-hybridized carbons (Fsp3) is 0.250. The van der Waals surface area contributed by atoms with Crippen molar-refractivity contribution in [2.45, 2.75) is 5.33 Å². The minimum absolute atomic E-state index is 0.0365. The maximum absolute atomic E-state index is 10.2. The second-order valence-corrected chi connectivity index (χ2v) is 2.77. The number of halogens is 1. The minimum Gasteiger partial charge on any atom is -0.476 e. The number of hydrogen-bond acceptors (Lipinski definition) is 4.